The number of benzene rings is 7. The van der Waals surface area contributed by atoms with Crippen molar-refractivity contribution in [3.63, 3.8) is 0 Å². The summed E-state index contributed by atoms with van der Waals surface area (Å²) in [4.78, 5) is 15.8. The maximum Gasteiger partial charge on any atom is 0.171 e. The van der Waals surface area contributed by atoms with Gasteiger partial charge in [-0.05, 0) is 35.0 Å². The lowest BCUT2D eigenvalue weighted by atomic mass is 10.0. The van der Waals surface area contributed by atoms with Crippen LogP contribution < -0.4 is 15.9 Å². The lowest BCUT2D eigenvalue weighted by Gasteiger charge is -2.20. The number of rotatable bonds is 5. The van der Waals surface area contributed by atoms with Crippen molar-refractivity contribution in [3.05, 3.63) is 182 Å². The highest BCUT2D eigenvalue weighted by atomic mass is 31.2. The molecular formula is C47H30N3OP. The third-order valence-electron chi connectivity index (χ3n) is 10.1. The molecule has 0 fully saturated rings. The van der Waals surface area contributed by atoms with Gasteiger partial charge in [-0.3, -0.25) is 0 Å². The first-order valence-corrected chi connectivity index (χ1v) is 19.1. The molecule has 3 aromatic heterocycles. The first-order valence-electron chi connectivity index (χ1n) is 17.4. The normalized spacial score (nSPS) is 11.9. The van der Waals surface area contributed by atoms with E-state index in [2.05, 4.69) is 78.9 Å². The van der Waals surface area contributed by atoms with Gasteiger partial charge in [-0.2, -0.15) is 0 Å². The van der Waals surface area contributed by atoms with Crippen molar-refractivity contribution in [2.45, 2.75) is 0 Å². The van der Waals surface area contributed by atoms with Gasteiger partial charge >= 0.3 is 0 Å². The van der Waals surface area contributed by atoms with E-state index in [0.717, 1.165) is 82.0 Å². The van der Waals surface area contributed by atoms with Gasteiger partial charge in [-0.15, -0.1) is 0 Å². The van der Waals surface area contributed by atoms with Crippen LogP contribution in [0.5, 0.6) is 0 Å². The Kier molecular flexibility index (Phi) is 7.06. The summed E-state index contributed by atoms with van der Waals surface area (Å²) in [5.74, 6) is 0. The lowest BCUT2D eigenvalue weighted by molar-refractivity contribution is 0.592. The molecule has 10 rings (SSSR count). The first kappa shape index (κ1) is 30.4. The van der Waals surface area contributed by atoms with E-state index in [1.54, 1.807) is 0 Å². The number of hydrogen-bond donors (Lipinski definition) is 0. The summed E-state index contributed by atoms with van der Waals surface area (Å²) in [6.45, 7) is 0. The van der Waals surface area contributed by atoms with E-state index in [9.17, 15) is 0 Å². The van der Waals surface area contributed by atoms with E-state index in [1.807, 2.05) is 103 Å². The van der Waals surface area contributed by atoms with Crippen LogP contribution >= 0.6 is 7.14 Å². The van der Waals surface area contributed by atoms with E-state index >= 15 is 4.57 Å². The average Bonchev–Trinajstić information content (AvgIpc) is 3.22. The zero-order chi connectivity index (χ0) is 34.6. The molecule has 10 aromatic rings. The molecule has 0 saturated heterocycles. The predicted molar refractivity (Wildman–Crippen MR) is 218 cm³/mol. The Morgan fingerprint density at radius 2 is 0.942 bits per heavy atom. The van der Waals surface area contributed by atoms with Gasteiger partial charge in [0.25, 0.3) is 0 Å². The van der Waals surface area contributed by atoms with Crippen molar-refractivity contribution in [2.75, 3.05) is 0 Å². The Morgan fingerprint density at radius 3 is 1.71 bits per heavy atom. The Balaban J connectivity index is 1.17. The molecule has 0 aliphatic carbocycles. The quantitative estimate of drug-likeness (QED) is 0.103. The van der Waals surface area contributed by atoms with Gasteiger partial charge in [-0.1, -0.05) is 158 Å². The summed E-state index contributed by atoms with van der Waals surface area (Å²) in [5, 5.41) is 8.89. The molecule has 0 aliphatic heterocycles. The van der Waals surface area contributed by atoms with Gasteiger partial charge in [0, 0.05) is 48.6 Å². The first-order chi connectivity index (χ1) is 25.6. The number of hydrogen-bond acceptors (Lipinski definition) is 4. The Labute approximate surface area is 300 Å². The Hall–Kier alpha value is -6.48. The third kappa shape index (κ3) is 4.92. The van der Waals surface area contributed by atoms with Crippen LogP contribution in [0.3, 0.4) is 0 Å². The fraction of sp³-hybridized carbons (Fsp3) is 0. The Bertz CT molecular complexity index is 2990. The molecule has 5 heteroatoms. The third-order valence-corrected chi connectivity index (χ3v) is 13.2. The molecule has 0 radical (unpaired) electrons. The van der Waals surface area contributed by atoms with Gasteiger partial charge in [0.1, 0.15) is 0 Å². The van der Waals surface area contributed by atoms with Gasteiger partial charge in [-0.25, -0.2) is 15.0 Å². The fourth-order valence-corrected chi connectivity index (χ4v) is 10.1. The smallest absolute Gasteiger partial charge is 0.171 e. The predicted octanol–water partition coefficient (Wildman–Crippen LogP) is 10.6. The van der Waals surface area contributed by atoms with Crippen molar-refractivity contribution in [3.8, 4) is 22.5 Å². The van der Waals surface area contributed by atoms with E-state index < -0.39 is 7.14 Å². The van der Waals surface area contributed by atoms with E-state index in [1.165, 1.54) is 10.8 Å². The maximum atomic E-state index is 15.1. The van der Waals surface area contributed by atoms with Crippen molar-refractivity contribution in [2.24, 2.45) is 0 Å². The van der Waals surface area contributed by atoms with Gasteiger partial charge in [0.05, 0.1) is 33.5 Å². The molecule has 0 atom stereocenters. The second-order valence-corrected chi connectivity index (χ2v) is 15.9. The molecule has 0 spiro atoms. The molecule has 0 bridgehead atoms. The van der Waals surface area contributed by atoms with Crippen molar-refractivity contribution in [1.82, 2.24) is 15.0 Å². The van der Waals surface area contributed by atoms with E-state index in [0.29, 0.717) is 0 Å². The van der Waals surface area contributed by atoms with Gasteiger partial charge < -0.3 is 4.57 Å². The minimum Gasteiger partial charge on any atom is -0.309 e. The van der Waals surface area contributed by atoms with Crippen molar-refractivity contribution in [1.29, 1.82) is 0 Å². The van der Waals surface area contributed by atoms with Crippen molar-refractivity contribution < 1.29 is 4.57 Å². The van der Waals surface area contributed by atoms with E-state index in [4.69, 9.17) is 15.0 Å². The lowest BCUT2D eigenvalue weighted by Crippen LogP contribution is -2.24. The average molecular weight is 684 g/mol. The summed E-state index contributed by atoms with van der Waals surface area (Å²) < 4.78 is 15.1. The summed E-state index contributed by atoms with van der Waals surface area (Å²) >= 11 is 0. The van der Waals surface area contributed by atoms with Gasteiger partial charge in [0.2, 0.25) is 0 Å². The highest BCUT2D eigenvalue weighted by Gasteiger charge is 2.29. The maximum absolute atomic E-state index is 15.1. The monoisotopic (exact) mass is 683 g/mol. The molecule has 0 amide bonds. The minimum atomic E-state index is -3.12. The molecule has 0 N–H and O–H groups in total. The molecule has 0 unspecified atom stereocenters. The summed E-state index contributed by atoms with van der Waals surface area (Å²) in [6, 6.07) is 61.4. The molecule has 0 saturated carbocycles. The number of fused-ring (bicyclic) bond motifs is 7. The number of para-hydroxylation sites is 1. The molecule has 4 nitrogen and oxygen atoms in total. The van der Waals surface area contributed by atoms with Gasteiger partial charge in [0.15, 0.2) is 7.14 Å². The molecule has 0 aliphatic rings. The second-order valence-electron chi connectivity index (χ2n) is 13.2. The standard InChI is InChI=1S/C47H30N3OP/c51-52(37-13-3-1-4-14-37,38-15-5-2-6-16-38)39-26-23-33(24-27-39)45-47-41(40-17-9-10-18-43(40)49-45)30-36-22-20-32-25-28-42(48-44(32)46(36)50-47)35-21-19-31-11-7-8-12-34(31)29-35/h1-30H. The Morgan fingerprint density at radius 1 is 0.365 bits per heavy atom. The second kappa shape index (κ2) is 12.1. The van der Waals surface area contributed by atoms with Crippen molar-refractivity contribution >= 4 is 77.4 Å². The van der Waals surface area contributed by atoms with Crippen LogP contribution in [0.15, 0.2) is 182 Å². The van der Waals surface area contributed by atoms with Crippen LogP contribution in [0.2, 0.25) is 0 Å². The van der Waals surface area contributed by atoms with Crippen LogP contribution in [-0.2, 0) is 4.57 Å². The van der Waals surface area contributed by atoms with Crippen LogP contribution in [0.25, 0.3) is 76.9 Å². The fourth-order valence-electron chi connectivity index (χ4n) is 7.44. The highest BCUT2D eigenvalue weighted by molar-refractivity contribution is 7.85. The summed E-state index contributed by atoms with van der Waals surface area (Å²) in [5.41, 5.74) is 7.04. The number of nitrogens with zero attached hydrogens (tertiary/aromatic N) is 3. The molecular weight excluding hydrogens is 654 g/mol. The van der Waals surface area contributed by atoms with Crippen LogP contribution in [0.4, 0.5) is 0 Å². The number of pyridine rings is 3. The summed E-state index contributed by atoms with van der Waals surface area (Å²) in [7, 11) is -3.12. The van der Waals surface area contributed by atoms with Crippen LogP contribution in [0.1, 0.15) is 0 Å². The molecule has 52 heavy (non-hydrogen) atoms. The van der Waals surface area contributed by atoms with E-state index in [-0.39, 0.29) is 0 Å². The zero-order valence-corrected chi connectivity index (χ0v) is 28.9. The molecule has 7 aromatic carbocycles. The molecule has 244 valence electrons. The molecule has 3 heterocycles. The SMILES string of the molecule is O=P(c1ccccc1)(c1ccccc1)c1ccc(-c2nc3ccccc3c3cc4ccc5ccc(-c6ccc7ccccc7c6)nc5c4nc23)cc1. The zero-order valence-electron chi connectivity index (χ0n) is 28.0. The van der Waals surface area contributed by atoms with Crippen LogP contribution in [-0.4, -0.2) is 15.0 Å². The topological polar surface area (TPSA) is 55.7 Å². The summed E-state index contributed by atoms with van der Waals surface area (Å²) in [6.07, 6.45) is 0. The highest BCUT2D eigenvalue weighted by Crippen LogP contribution is 2.43. The number of aromatic nitrogens is 3. The van der Waals surface area contributed by atoms with Crippen LogP contribution in [0, 0.1) is 0 Å². The largest absolute Gasteiger partial charge is 0.309 e. The minimum absolute atomic E-state index is 0.772.